The zero-order valence-electron chi connectivity index (χ0n) is 15.6. The third-order valence-corrected chi connectivity index (χ3v) is 4.86. The van der Waals surface area contributed by atoms with Crippen molar-refractivity contribution in [1.29, 1.82) is 0 Å². The molecule has 0 bridgehead atoms. The van der Waals surface area contributed by atoms with E-state index >= 15 is 0 Å². The van der Waals surface area contributed by atoms with Crippen LogP contribution in [0.25, 0.3) is 22.2 Å². The summed E-state index contributed by atoms with van der Waals surface area (Å²) < 4.78 is 1.93. The molecule has 0 aliphatic rings. The van der Waals surface area contributed by atoms with Gasteiger partial charge in [0.1, 0.15) is 5.69 Å². The molecule has 0 N–H and O–H groups in total. The van der Waals surface area contributed by atoms with E-state index in [1.54, 1.807) is 0 Å². The van der Waals surface area contributed by atoms with E-state index in [1.807, 2.05) is 59.3 Å². The van der Waals surface area contributed by atoms with Gasteiger partial charge in [0.05, 0.1) is 12.1 Å². The number of aromatic nitrogens is 2. The average Bonchev–Trinajstić information content (AvgIpc) is 2.71. The first-order chi connectivity index (χ1) is 13.1. The fraction of sp³-hybridized carbons (Fsp3) is 0.167. The van der Waals surface area contributed by atoms with Crippen molar-refractivity contribution in [3.05, 3.63) is 100 Å². The summed E-state index contributed by atoms with van der Waals surface area (Å²) in [6, 6.07) is 26.0. The fourth-order valence-electron chi connectivity index (χ4n) is 3.35. The van der Waals surface area contributed by atoms with Crippen LogP contribution in [0.3, 0.4) is 0 Å². The Morgan fingerprint density at radius 2 is 1.63 bits per heavy atom. The van der Waals surface area contributed by atoms with Gasteiger partial charge < -0.3 is 0 Å². The number of hydrogen-bond donors (Lipinski definition) is 0. The second-order valence-corrected chi connectivity index (χ2v) is 7.12. The molecule has 0 spiro atoms. The van der Waals surface area contributed by atoms with Gasteiger partial charge in [-0.25, -0.2) is 0 Å². The van der Waals surface area contributed by atoms with Crippen LogP contribution in [0.15, 0.2) is 83.7 Å². The molecule has 4 aromatic rings. The van der Waals surface area contributed by atoms with E-state index in [0.717, 1.165) is 16.6 Å². The molecule has 3 heteroatoms. The van der Waals surface area contributed by atoms with Crippen molar-refractivity contribution in [3.8, 4) is 11.3 Å². The number of para-hydroxylation sites is 1. The largest absolute Gasteiger partial charge is 0.287 e. The highest BCUT2D eigenvalue weighted by Crippen LogP contribution is 2.22. The summed E-state index contributed by atoms with van der Waals surface area (Å²) in [5.74, 6) is 0.400. The first-order valence-electron chi connectivity index (χ1n) is 9.27. The van der Waals surface area contributed by atoms with Crippen LogP contribution in [0.4, 0.5) is 0 Å². The maximum atomic E-state index is 13.1. The Bertz CT molecular complexity index is 1140. The molecule has 0 fully saturated rings. The van der Waals surface area contributed by atoms with Crippen molar-refractivity contribution >= 4 is 10.9 Å². The first kappa shape index (κ1) is 17.2. The molecule has 0 atom stereocenters. The zero-order chi connectivity index (χ0) is 18.8. The molecular formula is C24H22N2O. The van der Waals surface area contributed by atoms with Crippen molar-refractivity contribution in [2.75, 3.05) is 0 Å². The third-order valence-electron chi connectivity index (χ3n) is 4.86. The van der Waals surface area contributed by atoms with Gasteiger partial charge in [0.2, 0.25) is 5.43 Å². The minimum absolute atomic E-state index is 0.0178. The molecule has 0 saturated carbocycles. The lowest BCUT2D eigenvalue weighted by atomic mass is 9.99. The van der Waals surface area contributed by atoms with Crippen molar-refractivity contribution < 1.29 is 0 Å². The smallest absolute Gasteiger partial charge is 0.215 e. The molecule has 0 aliphatic carbocycles. The molecular weight excluding hydrogens is 332 g/mol. The molecule has 0 radical (unpaired) electrons. The van der Waals surface area contributed by atoms with Gasteiger partial charge in [-0.1, -0.05) is 74.5 Å². The lowest BCUT2D eigenvalue weighted by Gasteiger charge is -2.13. The monoisotopic (exact) mass is 354 g/mol. The molecule has 0 amide bonds. The van der Waals surface area contributed by atoms with Gasteiger partial charge in [-0.2, -0.15) is 5.10 Å². The maximum absolute atomic E-state index is 13.1. The molecule has 27 heavy (non-hydrogen) atoms. The Kier molecular flexibility index (Phi) is 4.59. The second kappa shape index (κ2) is 7.20. The maximum Gasteiger partial charge on any atom is 0.215 e. The predicted octanol–water partition coefficient (Wildman–Crippen LogP) is 5.24. The van der Waals surface area contributed by atoms with E-state index in [9.17, 15) is 4.79 Å². The average molecular weight is 354 g/mol. The Hall–Kier alpha value is -3.20. The van der Waals surface area contributed by atoms with E-state index in [-0.39, 0.29) is 5.43 Å². The molecule has 3 nitrogen and oxygen atoms in total. The van der Waals surface area contributed by atoms with Crippen LogP contribution >= 0.6 is 0 Å². The van der Waals surface area contributed by atoms with Crippen LogP contribution in [0.5, 0.6) is 0 Å². The van der Waals surface area contributed by atoms with Gasteiger partial charge in [-0.15, -0.1) is 0 Å². The van der Waals surface area contributed by atoms with E-state index in [4.69, 9.17) is 5.10 Å². The Morgan fingerprint density at radius 1 is 0.889 bits per heavy atom. The lowest BCUT2D eigenvalue weighted by molar-refractivity contribution is 0.699. The Morgan fingerprint density at radius 3 is 2.41 bits per heavy atom. The van der Waals surface area contributed by atoms with E-state index < -0.39 is 0 Å². The highest BCUT2D eigenvalue weighted by atomic mass is 16.1. The molecule has 3 aromatic carbocycles. The number of nitrogens with zero attached hydrogens (tertiary/aromatic N) is 2. The zero-order valence-corrected chi connectivity index (χ0v) is 15.6. The summed E-state index contributed by atoms with van der Waals surface area (Å²) in [7, 11) is 0. The van der Waals surface area contributed by atoms with Crippen molar-refractivity contribution in [2.24, 2.45) is 0 Å². The first-order valence-corrected chi connectivity index (χ1v) is 9.27. The van der Waals surface area contributed by atoms with Gasteiger partial charge in [0, 0.05) is 10.9 Å². The van der Waals surface area contributed by atoms with E-state index in [1.165, 1.54) is 5.56 Å². The molecule has 1 heterocycles. The minimum atomic E-state index is -0.0178. The standard InChI is InChI=1S/C24H22N2O/c1-17(2)19-11-8-12-20(15-19)23-24(27)21-13-6-7-14-22(21)26(25-23)16-18-9-4-3-5-10-18/h3-15,17H,16H2,1-2H3. The molecule has 1 aromatic heterocycles. The van der Waals surface area contributed by atoms with Gasteiger partial charge in [0.15, 0.2) is 0 Å². The fourth-order valence-corrected chi connectivity index (χ4v) is 3.35. The molecule has 4 rings (SSSR count). The normalized spacial score (nSPS) is 11.2. The topological polar surface area (TPSA) is 34.9 Å². The Balaban J connectivity index is 1.93. The molecule has 134 valence electrons. The van der Waals surface area contributed by atoms with Gasteiger partial charge in [-0.3, -0.25) is 9.48 Å². The summed E-state index contributed by atoms with van der Waals surface area (Å²) in [6.45, 7) is 4.93. The van der Waals surface area contributed by atoms with Gasteiger partial charge >= 0.3 is 0 Å². The SMILES string of the molecule is CC(C)c1cccc(-c2nn(Cc3ccccc3)c3ccccc3c2=O)c1. The van der Waals surface area contributed by atoms with Crippen LogP contribution in [0.1, 0.15) is 30.9 Å². The highest BCUT2D eigenvalue weighted by molar-refractivity contribution is 5.82. The lowest BCUT2D eigenvalue weighted by Crippen LogP contribution is -2.17. The number of fused-ring (bicyclic) bond motifs is 1. The number of benzene rings is 3. The van der Waals surface area contributed by atoms with Crippen LogP contribution in [-0.4, -0.2) is 9.78 Å². The van der Waals surface area contributed by atoms with Crippen LogP contribution < -0.4 is 5.43 Å². The third kappa shape index (κ3) is 3.41. The quantitative estimate of drug-likeness (QED) is 0.503. The van der Waals surface area contributed by atoms with E-state index in [0.29, 0.717) is 23.5 Å². The molecule has 0 unspecified atom stereocenters. The van der Waals surface area contributed by atoms with E-state index in [2.05, 4.69) is 38.1 Å². The van der Waals surface area contributed by atoms with Crippen LogP contribution in [0, 0.1) is 0 Å². The van der Waals surface area contributed by atoms with Crippen molar-refractivity contribution in [2.45, 2.75) is 26.3 Å². The van der Waals surface area contributed by atoms with Gasteiger partial charge in [0.25, 0.3) is 0 Å². The molecule has 0 saturated heterocycles. The second-order valence-electron chi connectivity index (χ2n) is 7.12. The van der Waals surface area contributed by atoms with Gasteiger partial charge in [-0.05, 0) is 35.2 Å². The minimum Gasteiger partial charge on any atom is -0.287 e. The van der Waals surface area contributed by atoms with Crippen LogP contribution in [-0.2, 0) is 6.54 Å². The summed E-state index contributed by atoms with van der Waals surface area (Å²) in [5.41, 5.74) is 4.58. The number of rotatable bonds is 4. The summed E-state index contributed by atoms with van der Waals surface area (Å²) in [6.07, 6.45) is 0. The Labute approximate surface area is 158 Å². The highest BCUT2D eigenvalue weighted by Gasteiger charge is 2.13. The predicted molar refractivity (Wildman–Crippen MR) is 111 cm³/mol. The summed E-state index contributed by atoms with van der Waals surface area (Å²) in [4.78, 5) is 13.1. The van der Waals surface area contributed by atoms with Crippen LogP contribution in [0.2, 0.25) is 0 Å². The summed E-state index contributed by atoms with van der Waals surface area (Å²) in [5, 5.41) is 5.47. The molecule has 0 aliphatic heterocycles. The van der Waals surface area contributed by atoms with Crippen molar-refractivity contribution in [3.63, 3.8) is 0 Å². The summed E-state index contributed by atoms with van der Waals surface area (Å²) >= 11 is 0. The van der Waals surface area contributed by atoms with Crippen molar-refractivity contribution in [1.82, 2.24) is 9.78 Å². The number of hydrogen-bond acceptors (Lipinski definition) is 2.